The molecule has 3 saturated carbocycles. The molecule has 2 aromatic rings. The maximum atomic E-state index is 12.9. The molecule has 6 heteroatoms. The summed E-state index contributed by atoms with van der Waals surface area (Å²) in [7, 11) is 0. The van der Waals surface area contributed by atoms with Crippen LogP contribution in [0.2, 0.25) is 0 Å². The van der Waals surface area contributed by atoms with Gasteiger partial charge in [-0.3, -0.25) is 14.6 Å². The molecule has 2 amide bonds. The molecule has 0 radical (unpaired) electrons. The Balaban J connectivity index is 1.25. The first-order valence-electron chi connectivity index (χ1n) is 10.4. The maximum absolute atomic E-state index is 12.9. The van der Waals surface area contributed by atoms with Crippen LogP contribution >= 0.6 is 0 Å². The predicted molar refractivity (Wildman–Crippen MR) is 107 cm³/mol. The lowest BCUT2D eigenvalue weighted by Gasteiger charge is -2.55. The number of rotatable bonds is 4. The number of carbonyl (C=O) groups excluding carboxylic acids is 2. The number of fused-ring (bicyclic) bond motifs is 3. The average molecular weight is 391 g/mol. The number of nitrogens with one attached hydrogen (secondary N) is 2. The third-order valence-corrected chi connectivity index (χ3v) is 6.77. The molecule has 29 heavy (non-hydrogen) atoms. The van der Waals surface area contributed by atoms with Crippen LogP contribution in [0.3, 0.4) is 0 Å². The van der Waals surface area contributed by atoms with E-state index in [1.807, 2.05) is 30.3 Å². The normalized spacial score (nSPS) is 29.7. The minimum Gasteiger partial charge on any atom is -0.467 e. The average Bonchev–Trinajstić information content (AvgIpc) is 2.75. The molecule has 3 aliphatic carbocycles. The molecule has 4 unspecified atom stereocenters. The topological polar surface area (TPSA) is 80.3 Å². The summed E-state index contributed by atoms with van der Waals surface area (Å²) in [5.41, 5.74) is 1.09. The van der Waals surface area contributed by atoms with E-state index in [4.69, 9.17) is 4.74 Å². The number of hydrogen-bond donors (Lipinski definition) is 2. The van der Waals surface area contributed by atoms with Crippen LogP contribution in [-0.4, -0.2) is 29.1 Å². The van der Waals surface area contributed by atoms with Crippen molar-refractivity contribution in [1.82, 2.24) is 15.6 Å². The largest absolute Gasteiger partial charge is 0.467 e. The van der Waals surface area contributed by atoms with E-state index in [0.717, 1.165) is 25.7 Å². The molecular weight excluding hydrogens is 366 g/mol. The molecule has 6 nitrogen and oxygen atoms in total. The Hall–Kier alpha value is -2.89. The van der Waals surface area contributed by atoms with Crippen LogP contribution in [-0.2, 0) is 11.2 Å². The minimum atomic E-state index is -0.665. The minimum absolute atomic E-state index is 0.00510. The number of carbonyl (C=O) groups is 2. The van der Waals surface area contributed by atoms with E-state index in [9.17, 15) is 9.59 Å². The Kier molecular flexibility index (Phi) is 4.49. The van der Waals surface area contributed by atoms with Gasteiger partial charge in [-0.15, -0.1) is 0 Å². The van der Waals surface area contributed by atoms with Gasteiger partial charge in [0.2, 0.25) is 5.91 Å². The second kappa shape index (κ2) is 7.17. The smallest absolute Gasteiger partial charge is 0.258 e. The van der Waals surface area contributed by atoms with Gasteiger partial charge in [-0.25, -0.2) is 0 Å². The Morgan fingerprint density at radius 1 is 1.21 bits per heavy atom. The van der Waals surface area contributed by atoms with Crippen molar-refractivity contribution in [1.29, 1.82) is 0 Å². The van der Waals surface area contributed by atoms with E-state index in [0.29, 0.717) is 24.3 Å². The van der Waals surface area contributed by atoms with Gasteiger partial charge >= 0.3 is 0 Å². The van der Waals surface area contributed by atoms with Crippen LogP contribution in [0.1, 0.15) is 41.6 Å². The highest BCUT2D eigenvalue weighted by Crippen LogP contribution is 2.52. The summed E-state index contributed by atoms with van der Waals surface area (Å²) in [4.78, 5) is 29.5. The van der Waals surface area contributed by atoms with Gasteiger partial charge in [-0.2, -0.15) is 0 Å². The van der Waals surface area contributed by atoms with Crippen LogP contribution < -0.4 is 15.4 Å². The third-order valence-electron chi connectivity index (χ3n) is 6.77. The summed E-state index contributed by atoms with van der Waals surface area (Å²) in [5.74, 6) is 1.09. The van der Waals surface area contributed by atoms with Gasteiger partial charge in [0.05, 0.1) is 5.56 Å². The molecule has 4 aliphatic rings. The quantitative estimate of drug-likeness (QED) is 0.840. The molecule has 6 rings (SSSR count). The van der Waals surface area contributed by atoms with Crippen molar-refractivity contribution in [2.75, 3.05) is 6.54 Å². The SMILES string of the molecule is O=C1NC2(CC3CCC2CC3C(=O)NCCc2ccncc2)Oc2ccccc21. The van der Waals surface area contributed by atoms with Crippen LogP contribution in [0.4, 0.5) is 0 Å². The molecule has 0 saturated heterocycles. The van der Waals surface area contributed by atoms with Crippen molar-refractivity contribution in [3.8, 4) is 5.75 Å². The van der Waals surface area contributed by atoms with E-state index in [-0.39, 0.29) is 29.6 Å². The zero-order valence-corrected chi connectivity index (χ0v) is 16.3. The number of nitrogens with zero attached hydrogens (tertiary/aromatic N) is 1. The molecule has 2 N–H and O–H groups in total. The van der Waals surface area contributed by atoms with E-state index < -0.39 is 5.72 Å². The zero-order chi connectivity index (χ0) is 19.8. The molecule has 150 valence electrons. The van der Waals surface area contributed by atoms with Crippen LogP contribution in [0, 0.1) is 17.8 Å². The molecule has 4 atom stereocenters. The highest BCUT2D eigenvalue weighted by molar-refractivity contribution is 5.98. The molecule has 1 spiro atoms. The zero-order valence-electron chi connectivity index (χ0n) is 16.3. The van der Waals surface area contributed by atoms with Crippen molar-refractivity contribution in [2.45, 2.75) is 37.8 Å². The molecule has 1 aromatic heterocycles. The number of benzene rings is 1. The van der Waals surface area contributed by atoms with Crippen molar-refractivity contribution >= 4 is 11.8 Å². The van der Waals surface area contributed by atoms with Crippen LogP contribution in [0.25, 0.3) is 0 Å². The number of para-hydroxylation sites is 1. The van der Waals surface area contributed by atoms with Crippen molar-refractivity contribution in [3.05, 3.63) is 59.9 Å². The lowest BCUT2D eigenvalue weighted by Crippen LogP contribution is -2.66. The fourth-order valence-electron chi connectivity index (χ4n) is 5.29. The van der Waals surface area contributed by atoms with Gasteiger partial charge in [0, 0.05) is 37.2 Å². The summed E-state index contributed by atoms with van der Waals surface area (Å²) in [6, 6.07) is 11.3. The summed E-state index contributed by atoms with van der Waals surface area (Å²) < 4.78 is 6.36. The molecular formula is C23H25N3O3. The number of aromatic nitrogens is 1. The van der Waals surface area contributed by atoms with Gasteiger partial charge in [-0.1, -0.05) is 12.1 Å². The van der Waals surface area contributed by atoms with Gasteiger partial charge in [0.1, 0.15) is 5.75 Å². The number of amides is 2. The van der Waals surface area contributed by atoms with E-state index in [1.54, 1.807) is 18.5 Å². The van der Waals surface area contributed by atoms with E-state index in [2.05, 4.69) is 15.6 Å². The number of pyridine rings is 1. The molecule has 1 aromatic carbocycles. The first-order chi connectivity index (χ1) is 14.1. The fraction of sp³-hybridized carbons (Fsp3) is 0.435. The second-order valence-corrected chi connectivity index (χ2v) is 8.42. The molecule has 2 heterocycles. The predicted octanol–water partition coefficient (Wildman–Crippen LogP) is 2.70. The Bertz CT molecular complexity index is 932. The van der Waals surface area contributed by atoms with Gasteiger partial charge < -0.3 is 15.4 Å². The van der Waals surface area contributed by atoms with Crippen molar-refractivity contribution < 1.29 is 14.3 Å². The standard InChI is InChI=1S/C23H25N3O3/c27-21(25-12-9-15-7-10-24-11-8-15)19-13-17-6-5-16(19)14-23(17)26-22(28)18-3-1-2-4-20(18)29-23/h1-4,7-8,10-11,16-17,19H,5-6,9,12-14H2,(H,25,27)(H,26,28). The van der Waals surface area contributed by atoms with E-state index >= 15 is 0 Å². The summed E-state index contributed by atoms with van der Waals surface area (Å²) in [5, 5.41) is 6.26. The second-order valence-electron chi connectivity index (χ2n) is 8.42. The van der Waals surface area contributed by atoms with Gasteiger partial charge in [0.15, 0.2) is 5.72 Å². The highest BCUT2D eigenvalue weighted by atomic mass is 16.5. The lowest BCUT2D eigenvalue weighted by atomic mass is 9.60. The first kappa shape index (κ1) is 18.2. The number of ether oxygens (including phenoxy) is 1. The molecule has 2 bridgehead atoms. The Morgan fingerprint density at radius 3 is 2.83 bits per heavy atom. The summed E-state index contributed by atoms with van der Waals surface area (Å²) in [6.45, 7) is 0.627. The van der Waals surface area contributed by atoms with Crippen molar-refractivity contribution in [2.24, 2.45) is 17.8 Å². The van der Waals surface area contributed by atoms with Gasteiger partial charge in [-0.05, 0) is 61.4 Å². The van der Waals surface area contributed by atoms with Crippen molar-refractivity contribution in [3.63, 3.8) is 0 Å². The summed E-state index contributed by atoms with van der Waals surface area (Å²) >= 11 is 0. The molecule has 1 aliphatic heterocycles. The fourth-order valence-corrected chi connectivity index (χ4v) is 5.29. The monoisotopic (exact) mass is 391 g/mol. The van der Waals surface area contributed by atoms with Crippen LogP contribution in [0.15, 0.2) is 48.8 Å². The molecule has 3 fully saturated rings. The van der Waals surface area contributed by atoms with Crippen LogP contribution in [0.5, 0.6) is 5.75 Å². The van der Waals surface area contributed by atoms with Gasteiger partial charge in [0.25, 0.3) is 5.91 Å². The lowest BCUT2D eigenvalue weighted by molar-refractivity contribution is -0.146. The van der Waals surface area contributed by atoms with E-state index in [1.165, 1.54) is 5.56 Å². The third kappa shape index (κ3) is 3.26. The highest BCUT2D eigenvalue weighted by Gasteiger charge is 2.57. The summed E-state index contributed by atoms with van der Waals surface area (Å²) in [6.07, 6.45) is 7.79. The maximum Gasteiger partial charge on any atom is 0.258 e. The Labute approximate surface area is 170 Å². The Morgan fingerprint density at radius 2 is 2.03 bits per heavy atom. The number of hydrogen-bond acceptors (Lipinski definition) is 4. The first-order valence-corrected chi connectivity index (χ1v) is 10.4.